The number of aliphatic hydroxyl groups excluding tert-OH is 2. The summed E-state index contributed by atoms with van der Waals surface area (Å²) in [6.45, 7) is 10.6. The Bertz CT molecular complexity index is 186. The molecule has 0 aliphatic rings. The van der Waals surface area contributed by atoms with E-state index in [2.05, 4.69) is 27.7 Å². The van der Waals surface area contributed by atoms with Crippen molar-refractivity contribution in [1.82, 2.24) is 0 Å². The van der Waals surface area contributed by atoms with Gasteiger partial charge in [0.05, 0.1) is 13.2 Å². The molecule has 0 aliphatic heterocycles. The normalized spacial score (nSPS) is 18.2. The van der Waals surface area contributed by atoms with E-state index >= 15 is 0 Å². The van der Waals surface area contributed by atoms with Crippen LogP contribution in [0.5, 0.6) is 0 Å². The molecule has 0 heterocycles. The molecule has 0 saturated carbocycles. The van der Waals surface area contributed by atoms with Crippen LogP contribution in [0, 0.1) is 10.8 Å². The van der Waals surface area contributed by atoms with Crippen molar-refractivity contribution in [3.8, 4) is 0 Å². The average molecular weight is 234 g/mol. The Balaban J connectivity index is 4.68. The average Bonchev–Trinajstić information content (AvgIpc) is 2.16. The van der Waals surface area contributed by atoms with E-state index in [4.69, 9.17) is 14.6 Å². The first-order chi connectivity index (χ1) is 7.29. The molecule has 0 aromatic rings. The van der Waals surface area contributed by atoms with E-state index in [1.54, 1.807) is 6.92 Å². The zero-order valence-corrected chi connectivity index (χ0v) is 11.1. The standard InChI is InChI=1S/C12H26O4/c1-6-12(7-15-9-13,11(3,4)5)8-16-10(2)14/h10,13-14H,6-9H2,1-5H3. The molecule has 0 amide bonds. The van der Waals surface area contributed by atoms with Crippen molar-refractivity contribution < 1.29 is 19.7 Å². The molecular formula is C12H26O4. The Kier molecular flexibility index (Phi) is 6.48. The molecule has 0 aromatic heterocycles. The Hall–Kier alpha value is -0.160. The van der Waals surface area contributed by atoms with Crippen LogP contribution in [0.4, 0.5) is 0 Å². The third-order valence-corrected chi connectivity index (χ3v) is 3.34. The van der Waals surface area contributed by atoms with Crippen LogP contribution < -0.4 is 0 Å². The van der Waals surface area contributed by atoms with E-state index in [0.29, 0.717) is 13.2 Å². The lowest BCUT2D eigenvalue weighted by atomic mass is 9.66. The summed E-state index contributed by atoms with van der Waals surface area (Å²) in [5, 5.41) is 17.9. The first kappa shape index (κ1) is 15.8. The summed E-state index contributed by atoms with van der Waals surface area (Å²) in [6, 6.07) is 0. The zero-order valence-electron chi connectivity index (χ0n) is 11.1. The maximum absolute atomic E-state index is 9.19. The van der Waals surface area contributed by atoms with E-state index in [-0.39, 0.29) is 17.6 Å². The fraction of sp³-hybridized carbons (Fsp3) is 1.00. The Morgan fingerprint density at radius 3 is 2.06 bits per heavy atom. The smallest absolute Gasteiger partial charge is 0.151 e. The number of aliphatic hydroxyl groups is 2. The van der Waals surface area contributed by atoms with E-state index < -0.39 is 6.29 Å². The van der Waals surface area contributed by atoms with Gasteiger partial charge < -0.3 is 19.7 Å². The third kappa shape index (κ3) is 4.37. The highest BCUT2D eigenvalue weighted by molar-refractivity contribution is 4.89. The van der Waals surface area contributed by atoms with Crippen LogP contribution in [-0.4, -0.2) is 36.5 Å². The molecule has 0 aromatic carbocycles. The largest absolute Gasteiger partial charge is 0.371 e. The predicted molar refractivity (Wildman–Crippen MR) is 62.8 cm³/mol. The lowest BCUT2D eigenvalue weighted by molar-refractivity contribution is -0.162. The van der Waals surface area contributed by atoms with Crippen LogP contribution in [0.2, 0.25) is 0 Å². The van der Waals surface area contributed by atoms with E-state index in [1.165, 1.54) is 0 Å². The van der Waals surface area contributed by atoms with Gasteiger partial charge in [-0.05, 0) is 18.8 Å². The molecule has 0 bridgehead atoms. The van der Waals surface area contributed by atoms with Gasteiger partial charge in [0.1, 0.15) is 6.79 Å². The minimum atomic E-state index is -0.776. The van der Waals surface area contributed by atoms with Crippen LogP contribution >= 0.6 is 0 Å². The Morgan fingerprint density at radius 1 is 1.19 bits per heavy atom. The highest BCUT2D eigenvalue weighted by Gasteiger charge is 2.41. The second-order valence-electron chi connectivity index (χ2n) is 5.27. The van der Waals surface area contributed by atoms with Gasteiger partial charge >= 0.3 is 0 Å². The quantitative estimate of drug-likeness (QED) is 0.659. The molecule has 16 heavy (non-hydrogen) atoms. The van der Waals surface area contributed by atoms with E-state index in [0.717, 1.165) is 6.42 Å². The monoisotopic (exact) mass is 234 g/mol. The molecule has 0 saturated heterocycles. The number of hydrogen-bond donors (Lipinski definition) is 2. The van der Waals surface area contributed by atoms with Crippen molar-refractivity contribution in [1.29, 1.82) is 0 Å². The van der Waals surface area contributed by atoms with Crippen LogP contribution in [0.3, 0.4) is 0 Å². The van der Waals surface area contributed by atoms with Crippen LogP contribution in [-0.2, 0) is 9.47 Å². The minimum Gasteiger partial charge on any atom is -0.371 e. The first-order valence-electron chi connectivity index (χ1n) is 5.77. The van der Waals surface area contributed by atoms with Gasteiger partial charge in [-0.3, -0.25) is 0 Å². The summed E-state index contributed by atoms with van der Waals surface area (Å²) in [7, 11) is 0. The summed E-state index contributed by atoms with van der Waals surface area (Å²) < 4.78 is 10.5. The highest BCUT2D eigenvalue weighted by Crippen LogP contribution is 2.42. The summed E-state index contributed by atoms with van der Waals surface area (Å²) >= 11 is 0. The Morgan fingerprint density at radius 2 is 1.75 bits per heavy atom. The zero-order chi connectivity index (χ0) is 12.8. The SMILES string of the molecule is CCC(COCO)(COC(C)O)C(C)(C)C. The molecule has 4 heteroatoms. The molecule has 98 valence electrons. The maximum atomic E-state index is 9.19. The van der Waals surface area contributed by atoms with Gasteiger partial charge in [-0.2, -0.15) is 0 Å². The summed E-state index contributed by atoms with van der Waals surface area (Å²) in [6.07, 6.45) is 0.0888. The molecule has 2 atom stereocenters. The molecule has 0 spiro atoms. The molecular weight excluding hydrogens is 208 g/mol. The number of hydrogen-bond acceptors (Lipinski definition) is 4. The van der Waals surface area contributed by atoms with Crippen LogP contribution in [0.1, 0.15) is 41.0 Å². The van der Waals surface area contributed by atoms with Gasteiger partial charge in [0.25, 0.3) is 0 Å². The molecule has 0 rings (SSSR count). The lowest BCUT2D eigenvalue weighted by Gasteiger charge is -2.44. The van der Waals surface area contributed by atoms with Crippen molar-refractivity contribution >= 4 is 0 Å². The first-order valence-corrected chi connectivity index (χ1v) is 5.77. The summed E-state index contributed by atoms with van der Waals surface area (Å²) in [5.74, 6) is 0. The van der Waals surface area contributed by atoms with Crippen molar-refractivity contribution in [3.63, 3.8) is 0 Å². The van der Waals surface area contributed by atoms with E-state index in [9.17, 15) is 5.11 Å². The van der Waals surface area contributed by atoms with E-state index in [1.807, 2.05) is 0 Å². The van der Waals surface area contributed by atoms with Gasteiger partial charge in [0, 0.05) is 5.41 Å². The fourth-order valence-corrected chi connectivity index (χ4v) is 1.73. The van der Waals surface area contributed by atoms with Gasteiger partial charge in [0.15, 0.2) is 6.29 Å². The van der Waals surface area contributed by atoms with Crippen molar-refractivity contribution in [2.45, 2.75) is 47.3 Å². The number of rotatable bonds is 7. The van der Waals surface area contributed by atoms with Crippen molar-refractivity contribution in [2.24, 2.45) is 10.8 Å². The van der Waals surface area contributed by atoms with Gasteiger partial charge in [-0.15, -0.1) is 0 Å². The van der Waals surface area contributed by atoms with Crippen LogP contribution in [0.15, 0.2) is 0 Å². The highest BCUT2D eigenvalue weighted by atomic mass is 16.6. The molecule has 2 unspecified atom stereocenters. The predicted octanol–water partition coefficient (Wildman–Crippen LogP) is 1.75. The topological polar surface area (TPSA) is 58.9 Å². The second-order valence-corrected chi connectivity index (χ2v) is 5.27. The molecule has 0 radical (unpaired) electrons. The molecule has 0 aliphatic carbocycles. The van der Waals surface area contributed by atoms with Crippen molar-refractivity contribution in [2.75, 3.05) is 20.0 Å². The number of ether oxygens (including phenoxy) is 2. The minimum absolute atomic E-state index is 0.0220. The van der Waals surface area contributed by atoms with Gasteiger partial charge in [-0.1, -0.05) is 27.7 Å². The van der Waals surface area contributed by atoms with Crippen molar-refractivity contribution in [3.05, 3.63) is 0 Å². The molecule has 2 N–H and O–H groups in total. The second kappa shape index (κ2) is 6.55. The summed E-state index contributed by atoms with van der Waals surface area (Å²) in [4.78, 5) is 0. The van der Waals surface area contributed by atoms with Gasteiger partial charge in [-0.25, -0.2) is 0 Å². The third-order valence-electron chi connectivity index (χ3n) is 3.34. The summed E-state index contributed by atoms with van der Waals surface area (Å²) in [5.41, 5.74) is -0.224. The van der Waals surface area contributed by atoms with Crippen LogP contribution in [0.25, 0.3) is 0 Å². The maximum Gasteiger partial charge on any atom is 0.151 e. The molecule has 4 nitrogen and oxygen atoms in total. The fourth-order valence-electron chi connectivity index (χ4n) is 1.73. The van der Waals surface area contributed by atoms with Gasteiger partial charge in [0.2, 0.25) is 0 Å². The molecule has 0 fully saturated rings. The lowest BCUT2D eigenvalue weighted by Crippen LogP contribution is -2.44. The Labute approximate surface area is 98.6 Å².